The van der Waals surface area contributed by atoms with Gasteiger partial charge in [0, 0.05) is 5.56 Å². The van der Waals surface area contributed by atoms with Crippen molar-refractivity contribution < 1.29 is 19.0 Å². The van der Waals surface area contributed by atoms with Gasteiger partial charge in [0.05, 0.1) is 17.2 Å². The van der Waals surface area contributed by atoms with Gasteiger partial charge in [-0.3, -0.25) is 0 Å². The highest BCUT2D eigenvalue weighted by atomic mass is 35.5. The molecule has 0 saturated heterocycles. The fourth-order valence-corrected chi connectivity index (χ4v) is 3.93. The SMILES string of the molecule is CC(C)Oc1ccc(-c2cc3c(cc2F)C(NC(=O)O)C(C)(C)C3)cc1Cl. The molecule has 1 aliphatic carbocycles. The average Bonchev–Trinajstić information content (AvgIpc) is 2.78. The Morgan fingerprint density at radius 3 is 2.63 bits per heavy atom. The molecule has 4 nitrogen and oxygen atoms in total. The lowest BCUT2D eigenvalue weighted by atomic mass is 9.85. The van der Waals surface area contributed by atoms with Crippen LogP contribution >= 0.6 is 11.6 Å². The smallest absolute Gasteiger partial charge is 0.405 e. The lowest BCUT2D eigenvalue weighted by molar-refractivity contribution is 0.175. The fraction of sp³-hybridized carbons (Fsp3) is 0.381. The van der Waals surface area contributed by atoms with E-state index in [1.54, 1.807) is 24.3 Å². The first-order valence-electron chi connectivity index (χ1n) is 8.87. The summed E-state index contributed by atoms with van der Waals surface area (Å²) in [5, 5.41) is 12.1. The Morgan fingerprint density at radius 1 is 1.33 bits per heavy atom. The van der Waals surface area contributed by atoms with Crippen LogP contribution in [0.5, 0.6) is 5.75 Å². The molecular formula is C21H23ClFNO3. The summed E-state index contributed by atoms with van der Waals surface area (Å²) in [6.45, 7) is 7.77. The molecule has 2 aromatic rings. The van der Waals surface area contributed by atoms with E-state index < -0.39 is 18.0 Å². The zero-order valence-corrected chi connectivity index (χ0v) is 16.5. The van der Waals surface area contributed by atoms with E-state index in [-0.39, 0.29) is 11.5 Å². The summed E-state index contributed by atoms with van der Waals surface area (Å²) >= 11 is 6.30. The first-order chi connectivity index (χ1) is 12.6. The Morgan fingerprint density at radius 2 is 2.04 bits per heavy atom. The van der Waals surface area contributed by atoms with Gasteiger partial charge < -0.3 is 15.2 Å². The molecule has 0 heterocycles. The van der Waals surface area contributed by atoms with E-state index in [9.17, 15) is 9.18 Å². The Balaban J connectivity index is 2.01. The number of carboxylic acid groups (broad SMARTS) is 1. The summed E-state index contributed by atoms with van der Waals surface area (Å²) in [6, 6.07) is 8.00. The van der Waals surface area contributed by atoms with Crippen LogP contribution in [0.15, 0.2) is 30.3 Å². The predicted octanol–water partition coefficient (Wildman–Crippen LogP) is 5.82. The summed E-state index contributed by atoms with van der Waals surface area (Å²) < 4.78 is 20.5. The van der Waals surface area contributed by atoms with Gasteiger partial charge in [-0.1, -0.05) is 31.5 Å². The molecule has 27 heavy (non-hydrogen) atoms. The summed E-state index contributed by atoms with van der Waals surface area (Å²) in [5.41, 5.74) is 2.39. The van der Waals surface area contributed by atoms with Gasteiger partial charge in [-0.05, 0) is 66.6 Å². The highest BCUT2D eigenvalue weighted by molar-refractivity contribution is 6.32. The van der Waals surface area contributed by atoms with Crippen LogP contribution in [-0.4, -0.2) is 17.3 Å². The van der Waals surface area contributed by atoms with Crippen molar-refractivity contribution in [1.29, 1.82) is 0 Å². The van der Waals surface area contributed by atoms with Crippen LogP contribution in [0.2, 0.25) is 5.02 Å². The van der Waals surface area contributed by atoms with Crippen LogP contribution < -0.4 is 10.1 Å². The van der Waals surface area contributed by atoms with Crippen LogP contribution in [-0.2, 0) is 6.42 Å². The third kappa shape index (κ3) is 3.88. The second-order valence-electron chi connectivity index (χ2n) is 7.89. The summed E-state index contributed by atoms with van der Waals surface area (Å²) in [5.74, 6) is 0.154. The summed E-state index contributed by atoms with van der Waals surface area (Å²) in [7, 11) is 0. The molecule has 0 aliphatic heterocycles. The van der Waals surface area contributed by atoms with Crippen molar-refractivity contribution in [3.05, 3.63) is 52.3 Å². The summed E-state index contributed by atoms with van der Waals surface area (Å²) in [4.78, 5) is 11.1. The average molecular weight is 392 g/mol. The molecule has 144 valence electrons. The number of halogens is 2. The van der Waals surface area contributed by atoms with E-state index in [0.717, 1.165) is 5.56 Å². The minimum atomic E-state index is -1.11. The number of ether oxygens (including phenoxy) is 1. The van der Waals surface area contributed by atoms with Crippen molar-refractivity contribution in [3.8, 4) is 16.9 Å². The largest absolute Gasteiger partial charge is 0.489 e. The number of fused-ring (bicyclic) bond motifs is 1. The number of carbonyl (C=O) groups is 1. The van der Waals surface area contributed by atoms with Gasteiger partial charge in [-0.2, -0.15) is 0 Å². The Bertz CT molecular complexity index is 895. The van der Waals surface area contributed by atoms with Crippen molar-refractivity contribution in [2.75, 3.05) is 0 Å². The minimum Gasteiger partial charge on any atom is -0.489 e. The molecule has 0 aromatic heterocycles. The van der Waals surface area contributed by atoms with E-state index in [0.29, 0.717) is 33.9 Å². The van der Waals surface area contributed by atoms with Gasteiger partial charge in [-0.25, -0.2) is 9.18 Å². The Labute approximate surface area is 163 Å². The molecule has 0 fully saturated rings. The monoisotopic (exact) mass is 391 g/mol. The van der Waals surface area contributed by atoms with Gasteiger partial charge >= 0.3 is 6.09 Å². The molecule has 2 aromatic carbocycles. The lowest BCUT2D eigenvalue weighted by Gasteiger charge is -2.27. The molecular weight excluding hydrogens is 369 g/mol. The van der Waals surface area contributed by atoms with Crippen LogP contribution in [0.25, 0.3) is 11.1 Å². The van der Waals surface area contributed by atoms with Gasteiger partial charge in [0.25, 0.3) is 0 Å². The third-order valence-electron chi connectivity index (χ3n) is 4.84. The molecule has 6 heteroatoms. The summed E-state index contributed by atoms with van der Waals surface area (Å²) in [6.07, 6.45) is -0.466. The maximum Gasteiger partial charge on any atom is 0.405 e. The van der Waals surface area contributed by atoms with Crippen LogP contribution in [0.4, 0.5) is 9.18 Å². The van der Waals surface area contributed by atoms with Crippen molar-refractivity contribution in [1.82, 2.24) is 5.32 Å². The molecule has 1 atom stereocenters. The number of hydrogen-bond acceptors (Lipinski definition) is 2. The quantitative estimate of drug-likeness (QED) is 0.689. The first-order valence-corrected chi connectivity index (χ1v) is 9.24. The van der Waals surface area contributed by atoms with Crippen LogP contribution in [0.1, 0.15) is 44.9 Å². The van der Waals surface area contributed by atoms with E-state index >= 15 is 0 Å². The number of hydrogen-bond donors (Lipinski definition) is 2. The molecule has 0 spiro atoms. The van der Waals surface area contributed by atoms with Gasteiger partial charge in [0.15, 0.2) is 0 Å². The Hall–Kier alpha value is -2.27. The van der Waals surface area contributed by atoms with E-state index in [1.807, 2.05) is 27.7 Å². The molecule has 0 saturated carbocycles. The highest BCUT2D eigenvalue weighted by Crippen LogP contribution is 2.47. The van der Waals surface area contributed by atoms with Gasteiger partial charge in [-0.15, -0.1) is 0 Å². The molecule has 2 N–H and O–H groups in total. The van der Waals surface area contributed by atoms with E-state index in [2.05, 4.69) is 5.32 Å². The maximum absolute atomic E-state index is 14.9. The van der Waals surface area contributed by atoms with Crippen molar-refractivity contribution >= 4 is 17.7 Å². The van der Waals surface area contributed by atoms with Gasteiger partial charge in [0.1, 0.15) is 11.6 Å². The molecule has 1 unspecified atom stereocenters. The number of amides is 1. The second kappa shape index (κ2) is 7.04. The topological polar surface area (TPSA) is 58.6 Å². The molecule has 3 rings (SSSR count). The molecule has 0 bridgehead atoms. The molecule has 0 radical (unpaired) electrons. The minimum absolute atomic E-state index is 0.00835. The molecule has 1 aliphatic rings. The van der Waals surface area contributed by atoms with Crippen molar-refractivity contribution in [2.45, 2.75) is 46.3 Å². The first kappa shape index (κ1) is 19.5. The lowest BCUT2D eigenvalue weighted by Crippen LogP contribution is -2.34. The third-order valence-corrected chi connectivity index (χ3v) is 5.14. The standard InChI is InChI=1S/C21H23ClFNO3/c1-11(2)27-18-6-5-12(8-16(18)22)14-7-13-10-21(3,4)19(24-20(25)26)15(13)9-17(14)23/h5-9,11,19,24H,10H2,1-4H3,(H,25,26). The zero-order valence-electron chi connectivity index (χ0n) is 15.8. The van der Waals surface area contributed by atoms with E-state index in [4.69, 9.17) is 21.4 Å². The highest BCUT2D eigenvalue weighted by Gasteiger charge is 2.40. The normalized spacial score (nSPS) is 17.7. The van der Waals surface area contributed by atoms with Crippen molar-refractivity contribution in [2.24, 2.45) is 5.41 Å². The predicted molar refractivity (Wildman–Crippen MR) is 104 cm³/mol. The van der Waals surface area contributed by atoms with Gasteiger partial charge in [0.2, 0.25) is 0 Å². The van der Waals surface area contributed by atoms with Crippen LogP contribution in [0, 0.1) is 11.2 Å². The number of rotatable bonds is 4. The number of benzene rings is 2. The fourth-order valence-electron chi connectivity index (χ4n) is 3.70. The number of nitrogens with one attached hydrogen (secondary N) is 1. The van der Waals surface area contributed by atoms with Crippen molar-refractivity contribution in [3.63, 3.8) is 0 Å². The zero-order chi connectivity index (χ0) is 19.9. The maximum atomic E-state index is 14.9. The van der Waals surface area contributed by atoms with Crippen LogP contribution in [0.3, 0.4) is 0 Å². The van der Waals surface area contributed by atoms with E-state index in [1.165, 1.54) is 6.07 Å². The Kier molecular flexibility index (Phi) is 5.08. The second-order valence-corrected chi connectivity index (χ2v) is 8.30. The molecule has 1 amide bonds.